The van der Waals surface area contributed by atoms with Gasteiger partial charge in [0.05, 0.1) is 5.69 Å². The van der Waals surface area contributed by atoms with Gasteiger partial charge in [-0.05, 0) is 18.7 Å². The fourth-order valence-corrected chi connectivity index (χ4v) is 1.25. The number of nitrogens with one attached hydrogen (secondary N) is 2. The zero-order chi connectivity index (χ0) is 11.1. The van der Waals surface area contributed by atoms with Crippen molar-refractivity contribution in [1.82, 2.24) is 5.32 Å². The van der Waals surface area contributed by atoms with Crippen LogP contribution in [0.3, 0.4) is 0 Å². The minimum atomic E-state index is -0.481. The van der Waals surface area contributed by atoms with Crippen LogP contribution in [0.1, 0.15) is 12.5 Å². The summed E-state index contributed by atoms with van der Waals surface area (Å²) in [5.74, 6) is -0.481. The Bertz CT molecular complexity index is 357. The first-order valence-corrected chi connectivity index (χ1v) is 4.92. The molecule has 0 amide bonds. The molecule has 4 heteroatoms. The standard InChI is InChI=1S/C11H14FN3/c1-2-14-6-7-15-11-5-3-4-10(12)9(11)8-13/h3-5,14-15H,2,6-7H2,1H3. The third-order valence-electron chi connectivity index (χ3n) is 1.99. The van der Waals surface area contributed by atoms with Crippen LogP contribution in [0.2, 0.25) is 0 Å². The molecular formula is C11H14FN3. The maximum Gasteiger partial charge on any atom is 0.143 e. The minimum Gasteiger partial charge on any atom is -0.383 e. The average Bonchev–Trinajstić information content (AvgIpc) is 2.24. The van der Waals surface area contributed by atoms with Crippen molar-refractivity contribution in [3.05, 3.63) is 29.6 Å². The second-order valence-corrected chi connectivity index (χ2v) is 3.05. The summed E-state index contributed by atoms with van der Waals surface area (Å²) in [5.41, 5.74) is 0.629. The predicted octanol–water partition coefficient (Wildman–Crippen LogP) is 1.72. The molecule has 15 heavy (non-hydrogen) atoms. The van der Waals surface area contributed by atoms with Crippen molar-refractivity contribution in [3.8, 4) is 6.07 Å². The van der Waals surface area contributed by atoms with Crippen molar-refractivity contribution >= 4 is 5.69 Å². The predicted molar refractivity (Wildman–Crippen MR) is 58.1 cm³/mol. The van der Waals surface area contributed by atoms with Gasteiger partial charge >= 0.3 is 0 Å². The van der Waals surface area contributed by atoms with Crippen LogP contribution in [0.15, 0.2) is 18.2 Å². The summed E-state index contributed by atoms with van der Waals surface area (Å²) in [6.07, 6.45) is 0. The van der Waals surface area contributed by atoms with Crippen molar-refractivity contribution in [2.24, 2.45) is 0 Å². The summed E-state index contributed by atoms with van der Waals surface area (Å²) < 4.78 is 13.1. The minimum absolute atomic E-state index is 0.0778. The van der Waals surface area contributed by atoms with Crippen LogP contribution < -0.4 is 10.6 Å². The highest BCUT2D eigenvalue weighted by Gasteiger charge is 2.05. The van der Waals surface area contributed by atoms with Crippen LogP contribution in [-0.4, -0.2) is 19.6 Å². The van der Waals surface area contributed by atoms with Crippen LogP contribution in [0.4, 0.5) is 10.1 Å². The molecule has 1 rings (SSSR count). The number of hydrogen-bond acceptors (Lipinski definition) is 3. The maximum absolute atomic E-state index is 13.1. The number of nitrogens with zero attached hydrogens (tertiary/aromatic N) is 1. The second kappa shape index (κ2) is 5.99. The number of rotatable bonds is 5. The van der Waals surface area contributed by atoms with Gasteiger partial charge in [-0.3, -0.25) is 0 Å². The van der Waals surface area contributed by atoms with Gasteiger partial charge < -0.3 is 10.6 Å². The number of halogens is 1. The fraction of sp³-hybridized carbons (Fsp3) is 0.364. The molecule has 2 N–H and O–H groups in total. The largest absolute Gasteiger partial charge is 0.383 e. The monoisotopic (exact) mass is 207 g/mol. The van der Waals surface area contributed by atoms with Crippen LogP contribution in [0.25, 0.3) is 0 Å². The van der Waals surface area contributed by atoms with Gasteiger partial charge in [0, 0.05) is 13.1 Å². The molecule has 0 atom stereocenters. The molecule has 0 fully saturated rings. The van der Waals surface area contributed by atoms with E-state index in [9.17, 15) is 4.39 Å². The number of anilines is 1. The quantitative estimate of drug-likeness (QED) is 0.723. The Balaban J connectivity index is 2.61. The number of benzene rings is 1. The SMILES string of the molecule is CCNCCNc1cccc(F)c1C#N. The zero-order valence-corrected chi connectivity index (χ0v) is 8.68. The van der Waals surface area contributed by atoms with Crippen LogP contribution in [0.5, 0.6) is 0 Å². The summed E-state index contributed by atoms with van der Waals surface area (Å²) in [5, 5.41) is 14.9. The first-order chi connectivity index (χ1) is 7.29. The highest BCUT2D eigenvalue weighted by Crippen LogP contribution is 2.16. The highest BCUT2D eigenvalue weighted by molar-refractivity contribution is 5.57. The first kappa shape index (κ1) is 11.5. The molecule has 0 aliphatic heterocycles. The number of hydrogen-bond donors (Lipinski definition) is 2. The van der Waals surface area contributed by atoms with E-state index in [4.69, 9.17) is 5.26 Å². The molecule has 0 heterocycles. The van der Waals surface area contributed by atoms with Crippen molar-refractivity contribution in [3.63, 3.8) is 0 Å². The van der Waals surface area contributed by atoms with E-state index in [1.54, 1.807) is 12.1 Å². The van der Waals surface area contributed by atoms with E-state index in [1.165, 1.54) is 6.07 Å². The average molecular weight is 207 g/mol. The van der Waals surface area contributed by atoms with E-state index >= 15 is 0 Å². The van der Waals surface area contributed by atoms with E-state index in [0.717, 1.165) is 13.1 Å². The molecule has 0 spiro atoms. The normalized spacial score (nSPS) is 9.67. The van der Waals surface area contributed by atoms with Gasteiger partial charge in [0.25, 0.3) is 0 Å². The van der Waals surface area contributed by atoms with Gasteiger partial charge in [-0.25, -0.2) is 4.39 Å². The van der Waals surface area contributed by atoms with Gasteiger partial charge in [0.1, 0.15) is 17.4 Å². The molecular weight excluding hydrogens is 193 g/mol. The van der Waals surface area contributed by atoms with Gasteiger partial charge in [-0.1, -0.05) is 13.0 Å². The lowest BCUT2D eigenvalue weighted by molar-refractivity contribution is 0.624. The Morgan fingerprint density at radius 3 is 2.87 bits per heavy atom. The van der Waals surface area contributed by atoms with Crippen molar-refractivity contribution in [1.29, 1.82) is 5.26 Å². The Morgan fingerprint density at radius 1 is 1.40 bits per heavy atom. The van der Waals surface area contributed by atoms with Gasteiger partial charge in [0.15, 0.2) is 0 Å². The Labute approximate surface area is 88.9 Å². The molecule has 0 unspecified atom stereocenters. The van der Waals surface area contributed by atoms with E-state index in [-0.39, 0.29) is 5.56 Å². The van der Waals surface area contributed by atoms with Crippen molar-refractivity contribution in [2.75, 3.05) is 25.0 Å². The smallest absolute Gasteiger partial charge is 0.143 e. The van der Waals surface area contributed by atoms with Gasteiger partial charge in [-0.2, -0.15) is 5.26 Å². The van der Waals surface area contributed by atoms with Crippen LogP contribution >= 0.6 is 0 Å². The molecule has 0 aliphatic rings. The maximum atomic E-state index is 13.1. The third kappa shape index (κ3) is 3.22. The van der Waals surface area contributed by atoms with Gasteiger partial charge in [0.2, 0.25) is 0 Å². The summed E-state index contributed by atoms with van der Waals surface area (Å²) in [4.78, 5) is 0. The van der Waals surface area contributed by atoms with E-state index < -0.39 is 5.82 Å². The Hall–Kier alpha value is -1.60. The molecule has 80 valence electrons. The number of likely N-dealkylation sites (N-methyl/N-ethyl adjacent to an activating group) is 1. The van der Waals surface area contributed by atoms with E-state index in [2.05, 4.69) is 10.6 Å². The zero-order valence-electron chi connectivity index (χ0n) is 8.68. The molecule has 0 bridgehead atoms. The summed E-state index contributed by atoms with van der Waals surface area (Å²) >= 11 is 0. The third-order valence-corrected chi connectivity index (χ3v) is 1.99. The van der Waals surface area contributed by atoms with Crippen molar-refractivity contribution in [2.45, 2.75) is 6.92 Å². The first-order valence-electron chi connectivity index (χ1n) is 4.92. The highest BCUT2D eigenvalue weighted by atomic mass is 19.1. The lowest BCUT2D eigenvalue weighted by Crippen LogP contribution is -2.21. The molecule has 0 radical (unpaired) electrons. The van der Waals surface area contributed by atoms with Crippen LogP contribution in [-0.2, 0) is 0 Å². The Kier molecular flexibility index (Phi) is 4.58. The fourth-order valence-electron chi connectivity index (χ4n) is 1.25. The van der Waals surface area contributed by atoms with E-state index in [0.29, 0.717) is 12.2 Å². The molecule has 1 aromatic rings. The molecule has 0 aromatic heterocycles. The van der Waals surface area contributed by atoms with E-state index in [1.807, 2.05) is 13.0 Å². The van der Waals surface area contributed by atoms with Crippen molar-refractivity contribution < 1.29 is 4.39 Å². The molecule has 0 saturated carbocycles. The summed E-state index contributed by atoms with van der Waals surface area (Å²) in [6, 6.07) is 6.42. The molecule has 1 aromatic carbocycles. The van der Waals surface area contributed by atoms with Gasteiger partial charge in [-0.15, -0.1) is 0 Å². The molecule has 3 nitrogen and oxygen atoms in total. The van der Waals surface area contributed by atoms with Crippen LogP contribution in [0, 0.1) is 17.1 Å². The lowest BCUT2D eigenvalue weighted by Gasteiger charge is -2.08. The summed E-state index contributed by atoms with van der Waals surface area (Å²) in [6.45, 7) is 4.38. The lowest BCUT2D eigenvalue weighted by atomic mass is 10.2. The second-order valence-electron chi connectivity index (χ2n) is 3.05. The molecule has 0 aliphatic carbocycles. The Morgan fingerprint density at radius 2 is 2.20 bits per heavy atom. The summed E-state index contributed by atoms with van der Waals surface area (Å²) in [7, 11) is 0. The number of nitriles is 1. The topological polar surface area (TPSA) is 47.8 Å². The molecule has 0 saturated heterocycles.